The van der Waals surface area contributed by atoms with Crippen LogP contribution in [0.4, 0.5) is 0 Å². The first-order valence-electron chi connectivity index (χ1n) is 30.4. The Kier molecular flexibility index (Phi) is 10.7. The third-order valence-corrected chi connectivity index (χ3v) is 22.1. The molecule has 0 bridgehead atoms. The molecule has 0 fully saturated rings. The van der Waals surface area contributed by atoms with E-state index >= 15 is 0 Å². The summed E-state index contributed by atoms with van der Waals surface area (Å²) < 4.78 is 14.9. The Morgan fingerprint density at radius 2 is 0.567 bits per heavy atom. The monoisotopic (exact) mass is 1200 g/mol. The molecule has 0 N–H and O–H groups in total. The molecule has 8 heteroatoms. The van der Waals surface area contributed by atoms with Gasteiger partial charge in [-0.2, -0.15) is 4.98 Å². The average molecular weight is 1200 g/mol. The van der Waals surface area contributed by atoms with Crippen LogP contribution in [0.15, 0.2) is 285 Å². The van der Waals surface area contributed by atoms with Gasteiger partial charge in [-0.05, 0) is 137 Å². The molecule has 0 atom stereocenters. The van der Waals surface area contributed by atoms with Crippen LogP contribution in [-0.2, 0) is 0 Å². The molecule has 90 heavy (non-hydrogen) atoms. The van der Waals surface area contributed by atoms with Crippen molar-refractivity contribution in [3.05, 3.63) is 285 Å². The van der Waals surface area contributed by atoms with Gasteiger partial charge in [-0.15, -0.1) is 34.0 Å². The van der Waals surface area contributed by atoms with Crippen LogP contribution in [0.5, 0.6) is 0 Å². The summed E-state index contributed by atoms with van der Waals surface area (Å²) in [7, 11) is 0. The molecule has 0 aliphatic carbocycles. The number of benzene rings is 13. The second kappa shape index (κ2) is 19.2. The van der Waals surface area contributed by atoms with E-state index in [1.54, 1.807) is 0 Å². The molecule has 0 saturated heterocycles. The predicted octanol–water partition coefficient (Wildman–Crippen LogP) is 23.5. The van der Waals surface area contributed by atoms with Crippen LogP contribution in [0, 0.1) is 0 Å². The molecule has 7 aromatic heterocycles. The highest BCUT2D eigenvalue weighted by molar-refractivity contribution is 7.26. The van der Waals surface area contributed by atoms with Crippen molar-refractivity contribution in [2.75, 3.05) is 0 Å². The van der Waals surface area contributed by atoms with Crippen LogP contribution in [0.1, 0.15) is 0 Å². The molecule has 5 nitrogen and oxygen atoms in total. The molecule has 20 aromatic rings. The van der Waals surface area contributed by atoms with Gasteiger partial charge in [0.25, 0.3) is 0 Å². The van der Waals surface area contributed by atoms with E-state index in [9.17, 15) is 0 Å². The lowest BCUT2D eigenvalue weighted by molar-refractivity contribution is 0.952. The molecule has 0 aliphatic heterocycles. The van der Waals surface area contributed by atoms with Crippen LogP contribution >= 0.6 is 34.0 Å². The number of thiophene rings is 3. The first-order chi connectivity index (χ1) is 44.6. The fourth-order valence-corrected chi connectivity index (χ4v) is 17.9. The largest absolute Gasteiger partial charge is 0.309 e. The Balaban J connectivity index is 0.773. The number of nitrogens with zero attached hydrogens (tertiary/aromatic N) is 5. The van der Waals surface area contributed by atoms with Crippen LogP contribution in [0.2, 0.25) is 0 Å². The minimum absolute atomic E-state index is 0.593. The molecule has 20 rings (SSSR count). The lowest BCUT2D eigenvalue weighted by atomic mass is 10.0. The third-order valence-electron chi connectivity index (χ3n) is 18.7. The minimum Gasteiger partial charge on any atom is -0.309 e. The standard InChI is InChI=1S/C82H47N5S3/c1-7-22-69-56(16-1)65-41-48(51-28-34-62-59-19-4-10-25-75(59)88-78(62)44-51)31-37-72(65)85(69)55-15-13-14-54(40-55)68-47-81(86-70-23-8-2-17-57(70)66-42-49(32-38-73(66)86)52-29-35-63-60-20-5-11-26-76(60)89-79(63)45-52)84-82(83-68)87-71-24-9-3-18-58(71)67-43-50(33-39-74(67)87)53-30-36-64-61-21-6-12-27-77(61)90-80(64)46-53/h1-47H. The van der Waals surface area contributed by atoms with Crippen molar-refractivity contribution in [2.45, 2.75) is 0 Å². The average Bonchev–Trinajstić information content (AvgIpc) is 1.86. The highest BCUT2D eigenvalue weighted by Gasteiger charge is 2.23. The first-order valence-corrected chi connectivity index (χ1v) is 32.9. The molecular formula is C82H47N5S3. The molecule has 13 aromatic carbocycles. The molecule has 0 unspecified atom stereocenters. The summed E-state index contributed by atoms with van der Waals surface area (Å²) in [6.07, 6.45) is 0. The van der Waals surface area contributed by atoms with Crippen LogP contribution < -0.4 is 0 Å². The maximum atomic E-state index is 5.74. The van der Waals surface area contributed by atoms with E-state index in [0.29, 0.717) is 5.95 Å². The van der Waals surface area contributed by atoms with Crippen LogP contribution in [-0.4, -0.2) is 23.7 Å². The Labute approximate surface area is 527 Å². The molecule has 0 amide bonds. The molecule has 418 valence electrons. The van der Waals surface area contributed by atoms with Gasteiger partial charge in [0.05, 0.1) is 38.8 Å². The van der Waals surface area contributed by atoms with Crippen molar-refractivity contribution in [1.82, 2.24) is 23.7 Å². The zero-order valence-electron chi connectivity index (χ0n) is 48.1. The molecule has 0 aliphatic rings. The van der Waals surface area contributed by atoms with E-state index in [0.717, 1.165) is 77.4 Å². The van der Waals surface area contributed by atoms with Crippen molar-refractivity contribution in [1.29, 1.82) is 0 Å². The summed E-state index contributed by atoms with van der Waals surface area (Å²) in [5.41, 5.74) is 16.5. The molecular weight excluding hydrogens is 1150 g/mol. The number of fused-ring (bicyclic) bond motifs is 18. The van der Waals surface area contributed by atoms with E-state index in [4.69, 9.17) is 9.97 Å². The molecule has 0 radical (unpaired) electrons. The summed E-state index contributed by atoms with van der Waals surface area (Å²) in [6.45, 7) is 0. The summed E-state index contributed by atoms with van der Waals surface area (Å²) in [6, 6.07) is 105. The van der Waals surface area contributed by atoms with Gasteiger partial charge in [0.1, 0.15) is 5.82 Å². The normalized spacial score (nSPS) is 12.2. The Morgan fingerprint density at radius 1 is 0.211 bits per heavy atom. The topological polar surface area (TPSA) is 40.6 Å². The van der Waals surface area contributed by atoms with Crippen LogP contribution in [0.25, 0.3) is 188 Å². The van der Waals surface area contributed by atoms with Crippen molar-refractivity contribution < 1.29 is 0 Å². The third kappa shape index (κ3) is 7.53. The zero-order chi connectivity index (χ0) is 58.7. The van der Waals surface area contributed by atoms with Crippen molar-refractivity contribution in [2.24, 2.45) is 0 Å². The Bertz CT molecular complexity index is 6190. The first kappa shape index (κ1) is 50.0. The lowest BCUT2D eigenvalue weighted by Crippen LogP contribution is -2.07. The maximum Gasteiger partial charge on any atom is 0.237 e. The van der Waals surface area contributed by atoms with Gasteiger partial charge in [-0.1, -0.05) is 176 Å². The highest BCUT2D eigenvalue weighted by atomic mass is 32.1. The quantitative estimate of drug-likeness (QED) is 0.160. The van der Waals surface area contributed by atoms with Crippen LogP contribution in [0.3, 0.4) is 0 Å². The van der Waals surface area contributed by atoms with Gasteiger partial charge in [-0.25, -0.2) is 4.98 Å². The van der Waals surface area contributed by atoms with Gasteiger partial charge >= 0.3 is 0 Å². The summed E-state index contributed by atoms with van der Waals surface area (Å²) in [4.78, 5) is 11.4. The summed E-state index contributed by atoms with van der Waals surface area (Å²) >= 11 is 5.58. The minimum atomic E-state index is 0.593. The Morgan fingerprint density at radius 3 is 1.04 bits per heavy atom. The summed E-state index contributed by atoms with van der Waals surface area (Å²) in [5, 5.41) is 14.9. The van der Waals surface area contributed by atoms with E-state index in [-0.39, 0.29) is 0 Å². The second-order valence-corrected chi connectivity index (χ2v) is 26.9. The number of hydrogen-bond acceptors (Lipinski definition) is 5. The van der Waals surface area contributed by atoms with E-state index < -0.39 is 0 Å². The van der Waals surface area contributed by atoms with Gasteiger partial charge in [0.2, 0.25) is 5.95 Å². The molecule has 0 saturated carbocycles. The maximum absolute atomic E-state index is 5.74. The number of para-hydroxylation sites is 3. The molecule has 0 spiro atoms. The summed E-state index contributed by atoms with van der Waals surface area (Å²) in [5.74, 6) is 1.37. The number of hydrogen-bond donors (Lipinski definition) is 0. The lowest BCUT2D eigenvalue weighted by Gasteiger charge is -2.15. The van der Waals surface area contributed by atoms with Gasteiger partial charge in [0.15, 0.2) is 0 Å². The number of rotatable bonds is 7. The smallest absolute Gasteiger partial charge is 0.237 e. The van der Waals surface area contributed by atoms with E-state index in [2.05, 4.69) is 299 Å². The predicted molar refractivity (Wildman–Crippen MR) is 385 cm³/mol. The van der Waals surface area contributed by atoms with Gasteiger partial charge in [0, 0.05) is 110 Å². The molecule has 7 heterocycles. The Hall–Kier alpha value is -11.0. The van der Waals surface area contributed by atoms with Crippen molar-refractivity contribution in [3.8, 4) is 62.1 Å². The van der Waals surface area contributed by atoms with Crippen molar-refractivity contribution in [3.63, 3.8) is 0 Å². The SMILES string of the molecule is c1cc(-c2cc(-n3c4ccccc4c4cc(-c5ccc6c(c5)sc5ccccc56)ccc43)nc(-n3c4ccccc4c4cc(-c5ccc6c(c5)sc5ccccc56)ccc43)n2)cc(-n2c3ccccc3c3cc(-c4ccc5c(c4)sc4ccccc45)ccc32)c1. The fourth-order valence-electron chi connectivity index (χ4n) is 14.5. The van der Waals surface area contributed by atoms with E-state index in [1.165, 1.54) is 105 Å². The van der Waals surface area contributed by atoms with Gasteiger partial charge < -0.3 is 4.57 Å². The van der Waals surface area contributed by atoms with Crippen molar-refractivity contribution >= 4 is 160 Å². The highest BCUT2D eigenvalue weighted by Crippen LogP contribution is 2.44. The number of aromatic nitrogens is 5. The fraction of sp³-hybridized carbons (Fsp3) is 0. The van der Waals surface area contributed by atoms with Gasteiger partial charge in [-0.3, -0.25) is 9.13 Å². The second-order valence-electron chi connectivity index (χ2n) is 23.6. The van der Waals surface area contributed by atoms with E-state index in [1.807, 2.05) is 34.0 Å². The zero-order valence-corrected chi connectivity index (χ0v) is 50.5.